The monoisotopic (exact) mass is 411 g/mol. The van der Waals surface area contributed by atoms with Crippen LogP contribution < -0.4 is 17.0 Å². The van der Waals surface area contributed by atoms with Crippen molar-refractivity contribution in [2.45, 2.75) is 76.8 Å². The maximum absolute atomic E-state index is 6.10. The van der Waals surface area contributed by atoms with Gasteiger partial charge < -0.3 is 5.73 Å². The summed E-state index contributed by atoms with van der Waals surface area (Å²) < 4.78 is 0. The minimum Gasteiger partial charge on any atom is -0.369 e. The summed E-state index contributed by atoms with van der Waals surface area (Å²) in [6.07, 6.45) is 7.91. The summed E-state index contributed by atoms with van der Waals surface area (Å²) in [4.78, 5) is 28.5. The number of nitrogens with one attached hydrogen (secondary N) is 1. The molecule has 1 heterocycles. The molecule has 1 aliphatic heterocycles. The van der Waals surface area contributed by atoms with Gasteiger partial charge in [-0.3, -0.25) is 16.3 Å². The Hall–Kier alpha value is -0.970. The van der Waals surface area contributed by atoms with Crippen LogP contribution in [0.1, 0.15) is 65.2 Å². The van der Waals surface area contributed by atoms with Gasteiger partial charge in [0, 0.05) is 38.3 Å². The molecule has 166 valence electrons. The molecule has 3 aliphatic carbocycles. The van der Waals surface area contributed by atoms with Crippen molar-refractivity contribution in [3.05, 3.63) is 0 Å². The van der Waals surface area contributed by atoms with Crippen LogP contribution in [-0.4, -0.2) is 36.2 Å². The van der Waals surface area contributed by atoms with Gasteiger partial charge >= 0.3 is 0 Å². The molecule has 2 spiro atoms. The predicted octanol–water partition coefficient (Wildman–Crippen LogP) is 2.20. The van der Waals surface area contributed by atoms with E-state index in [9.17, 15) is 0 Å². The third-order valence-electron chi connectivity index (χ3n) is 7.31. The highest BCUT2D eigenvalue weighted by Gasteiger charge is 2.60. The number of hydrogen-bond acceptors (Lipinski definition) is 7. The number of rotatable bonds is 3. The van der Waals surface area contributed by atoms with Crippen LogP contribution in [0.4, 0.5) is 0 Å². The topological polar surface area (TPSA) is 117 Å². The van der Waals surface area contributed by atoms with Crippen molar-refractivity contribution >= 4 is 5.96 Å². The van der Waals surface area contributed by atoms with Crippen LogP contribution in [0.25, 0.3) is 0 Å². The first kappa shape index (κ1) is 21.3. The molecule has 5 N–H and O–H groups in total. The van der Waals surface area contributed by atoms with E-state index in [4.69, 9.17) is 31.1 Å². The van der Waals surface area contributed by atoms with E-state index in [2.05, 4.69) is 24.3 Å². The summed E-state index contributed by atoms with van der Waals surface area (Å²) in [5, 5.41) is 1.28. The fourth-order valence-electron chi connectivity index (χ4n) is 5.85. The standard InChI is InChI=1S/C20H37N5O4/c1-13-8-16-10-14(2)20(17(9-13)11-16)28-26-19(27-29-20)6-4-15(5-7-19)12-23-18(21)24-25(3)22/h13-17H,4-12,22H2,1-3H3,(H3,21,23,24). The summed E-state index contributed by atoms with van der Waals surface area (Å²) >= 11 is 0. The van der Waals surface area contributed by atoms with Crippen molar-refractivity contribution in [3.8, 4) is 0 Å². The maximum Gasteiger partial charge on any atom is 0.239 e. The van der Waals surface area contributed by atoms with Crippen molar-refractivity contribution in [2.24, 2.45) is 46.2 Å². The van der Waals surface area contributed by atoms with Crippen LogP contribution in [0.2, 0.25) is 0 Å². The predicted molar refractivity (Wildman–Crippen MR) is 107 cm³/mol. The molecule has 4 fully saturated rings. The first-order valence-electron chi connectivity index (χ1n) is 11.1. The Morgan fingerprint density at radius 3 is 2.41 bits per heavy atom. The first-order chi connectivity index (χ1) is 13.8. The smallest absolute Gasteiger partial charge is 0.239 e. The second kappa shape index (κ2) is 8.28. The van der Waals surface area contributed by atoms with Gasteiger partial charge in [-0.05, 0) is 56.3 Å². The Morgan fingerprint density at radius 2 is 1.76 bits per heavy atom. The molecule has 0 aromatic rings. The van der Waals surface area contributed by atoms with Crippen LogP contribution in [-0.2, 0) is 19.6 Å². The maximum atomic E-state index is 6.10. The van der Waals surface area contributed by atoms with Crippen LogP contribution >= 0.6 is 0 Å². The Labute approximate surface area is 173 Å². The molecule has 9 heteroatoms. The molecule has 1 saturated heterocycles. The molecule has 4 unspecified atom stereocenters. The van der Waals surface area contributed by atoms with Crippen LogP contribution in [0.15, 0.2) is 4.99 Å². The Morgan fingerprint density at radius 1 is 1.07 bits per heavy atom. The van der Waals surface area contributed by atoms with Crippen LogP contribution in [0.5, 0.6) is 0 Å². The molecule has 3 saturated carbocycles. The zero-order chi connectivity index (χ0) is 20.6. The molecule has 0 aromatic carbocycles. The highest BCUT2D eigenvalue weighted by atomic mass is 17.4. The van der Waals surface area contributed by atoms with E-state index in [0.717, 1.165) is 38.0 Å². The number of fused-ring (bicyclic) bond motifs is 3. The Balaban J connectivity index is 1.31. The van der Waals surface area contributed by atoms with Gasteiger partial charge in [0.25, 0.3) is 0 Å². The summed E-state index contributed by atoms with van der Waals surface area (Å²) in [6, 6.07) is 0. The molecule has 2 bridgehead atoms. The van der Waals surface area contributed by atoms with E-state index in [0.29, 0.717) is 43.1 Å². The lowest BCUT2D eigenvalue weighted by Crippen LogP contribution is -2.61. The van der Waals surface area contributed by atoms with Crippen molar-refractivity contribution in [3.63, 3.8) is 0 Å². The molecular weight excluding hydrogens is 374 g/mol. The fourth-order valence-corrected chi connectivity index (χ4v) is 5.85. The molecule has 0 amide bonds. The van der Waals surface area contributed by atoms with E-state index < -0.39 is 11.6 Å². The van der Waals surface area contributed by atoms with Gasteiger partial charge in [0.15, 0.2) is 0 Å². The molecule has 29 heavy (non-hydrogen) atoms. The zero-order valence-corrected chi connectivity index (χ0v) is 17.9. The molecule has 0 radical (unpaired) electrons. The van der Waals surface area contributed by atoms with Crippen molar-refractivity contribution < 1.29 is 19.6 Å². The van der Waals surface area contributed by atoms with Gasteiger partial charge in [-0.1, -0.05) is 13.8 Å². The second-order valence-electron chi connectivity index (χ2n) is 9.87. The van der Waals surface area contributed by atoms with Crippen LogP contribution in [0.3, 0.4) is 0 Å². The van der Waals surface area contributed by atoms with E-state index in [1.54, 1.807) is 7.05 Å². The third-order valence-corrected chi connectivity index (χ3v) is 7.31. The second-order valence-corrected chi connectivity index (χ2v) is 9.87. The number of hydrazine groups is 2. The summed E-state index contributed by atoms with van der Waals surface area (Å²) in [5.41, 5.74) is 8.54. The molecule has 9 nitrogen and oxygen atoms in total. The molecule has 0 aromatic heterocycles. The molecule has 4 atom stereocenters. The van der Waals surface area contributed by atoms with E-state index in [1.165, 1.54) is 11.5 Å². The number of guanidine groups is 1. The lowest BCUT2D eigenvalue weighted by Gasteiger charge is -2.55. The number of hydrogen-bond donors (Lipinski definition) is 3. The van der Waals surface area contributed by atoms with Gasteiger partial charge in [-0.15, -0.1) is 0 Å². The number of nitrogens with two attached hydrogens (primary N) is 2. The average Bonchev–Trinajstić information content (AvgIpc) is 2.66. The van der Waals surface area contributed by atoms with Gasteiger partial charge in [0.1, 0.15) is 0 Å². The highest BCUT2D eigenvalue weighted by Crippen LogP contribution is 2.55. The first-order valence-corrected chi connectivity index (χ1v) is 11.1. The van der Waals surface area contributed by atoms with Gasteiger partial charge in [-0.2, -0.15) is 24.7 Å². The Bertz CT molecular complexity index is 594. The minimum atomic E-state index is -0.802. The van der Waals surface area contributed by atoms with E-state index in [1.807, 2.05) is 0 Å². The average molecular weight is 412 g/mol. The van der Waals surface area contributed by atoms with Gasteiger partial charge in [0.05, 0.1) is 0 Å². The van der Waals surface area contributed by atoms with Crippen molar-refractivity contribution in [2.75, 3.05) is 13.6 Å². The van der Waals surface area contributed by atoms with Crippen molar-refractivity contribution in [1.29, 1.82) is 0 Å². The van der Waals surface area contributed by atoms with Crippen LogP contribution in [0, 0.1) is 29.6 Å². The lowest BCUT2D eigenvalue weighted by atomic mass is 9.62. The van der Waals surface area contributed by atoms with Crippen molar-refractivity contribution in [1.82, 2.24) is 10.5 Å². The van der Waals surface area contributed by atoms with Gasteiger partial charge in [0.2, 0.25) is 17.5 Å². The summed E-state index contributed by atoms with van der Waals surface area (Å²) in [6.45, 7) is 5.17. The largest absolute Gasteiger partial charge is 0.369 e. The normalized spacial score (nSPS) is 45.7. The summed E-state index contributed by atoms with van der Waals surface area (Å²) in [5.74, 6) is 6.74. The van der Waals surface area contributed by atoms with E-state index in [-0.39, 0.29) is 5.92 Å². The quantitative estimate of drug-likeness (QED) is 0.213. The number of aliphatic imine (C=N–C) groups is 1. The fraction of sp³-hybridized carbons (Fsp3) is 0.950. The third kappa shape index (κ3) is 4.40. The number of nitrogens with zero attached hydrogens (tertiary/aromatic N) is 2. The Kier molecular flexibility index (Phi) is 6.07. The minimum absolute atomic E-state index is 0.262. The highest BCUT2D eigenvalue weighted by molar-refractivity contribution is 5.77. The van der Waals surface area contributed by atoms with Gasteiger partial charge in [-0.25, -0.2) is 0 Å². The zero-order valence-electron chi connectivity index (χ0n) is 17.9. The SMILES string of the molecule is CC1CC2CC(C)C3(OOC4(CCC(CN=C(N)NN(C)N)CC4)OO3)C(C1)C2. The molecule has 4 rings (SSSR count). The lowest BCUT2D eigenvalue weighted by molar-refractivity contribution is -0.677. The molecule has 4 aliphatic rings. The summed E-state index contributed by atoms with van der Waals surface area (Å²) in [7, 11) is 1.67. The molecular formula is C20H37N5O4. The van der Waals surface area contributed by atoms with E-state index >= 15 is 0 Å².